The average molecular weight is 387 g/mol. The number of aromatic amines is 1. The van der Waals surface area contributed by atoms with E-state index in [4.69, 9.17) is 0 Å². The fourth-order valence-corrected chi connectivity index (χ4v) is 4.77. The molecule has 1 saturated carbocycles. The van der Waals surface area contributed by atoms with E-state index in [9.17, 15) is 14.4 Å². The number of amides is 1. The van der Waals surface area contributed by atoms with Crippen LogP contribution in [0.15, 0.2) is 10.9 Å². The third kappa shape index (κ3) is 4.23. The lowest BCUT2D eigenvalue weighted by Gasteiger charge is -2.39. The zero-order chi connectivity index (χ0) is 20.7. The number of fused-ring (bicyclic) bond motifs is 1. The predicted octanol–water partition coefficient (Wildman–Crippen LogP) is 4.25. The Labute approximate surface area is 167 Å². The number of rotatable bonds is 4. The number of pyridine rings is 1. The Kier molecular flexibility index (Phi) is 5.57. The van der Waals surface area contributed by atoms with E-state index in [1.54, 1.807) is 0 Å². The molecule has 0 atom stereocenters. The summed E-state index contributed by atoms with van der Waals surface area (Å²) in [5, 5.41) is 3.03. The monoisotopic (exact) mass is 386 g/mol. The number of H-pyrrole nitrogens is 1. The number of Topliss-reactive ketones (excluding diaryl/α,β-unsaturated/α-hetero) is 1. The highest BCUT2D eigenvalue weighted by Gasteiger charge is 2.34. The van der Waals surface area contributed by atoms with E-state index < -0.39 is 5.56 Å². The predicted molar refractivity (Wildman–Crippen MR) is 111 cm³/mol. The second-order valence-electron chi connectivity index (χ2n) is 10.2. The second-order valence-corrected chi connectivity index (χ2v) is 10.2. The van der Waals surface area contributed by atoms with Gasteiger partial charge in [0.05, 0.1) is 0 Å². The summed E-state index contributed by atoms with van der Waals surface area (Å²) in [6.07, 6.45) is 6.31. The first-order valence-electron chi connectivity index (χ1n) is 10.6. The molecule has 1 fully saturated rings. The molecule has 5 heteroatoms. The van der Waals surface area contributed by atoms with E-state index in [2.05, 4.69) is 31.1 Å². The molecule has 1 aromatic heterocycles. The summed E-state index contributed by atoms with van der Waals surface area (Å²) >= 11 is 0. The third-order valence-corrected chi connectivity index (χ3v) is 7.04. The number of hydrogen-bond donors (Lipinski definition) is 2. The maximum atomic E-state index is 12.7. The minimum Gasteiger partial charge on any atom is -0.349 e. The van der Waals surface area contributed by atoms with Gasteiger partial charge in [-0.25, -0.2) is 0 Å². The number of ketones is 1. The van der Waals surface area contributed by atoms with Gasteiger partial charge in [-0.15, -0.1) is 0 Å². The molecule has 28 heavy (non-hydrogen) atoms. The molecule has 2 N–H and O–H groups in total. The Bertz CT molecular complexity index is 827. The van der Waals surface area contributed by atoms with Gasteiger partial charge in [-0.2, -0.15) is 0 Å². The summed E-state index contributed by atoms with van der Waals surface area (Å²) in [6, 6.07) is 1.61. The van der Waals surface area contributed by atoms with Crippen LogP contribution in [0.3, 0.4) is 0 Å². The molecule has 0 saturated heterocycles. The molecule has 1 heterocycles. The molecule has 1 amide bonds. The van der Waals surface area contributed by atoms with Gasteiger partial charge in [0.1, 0.15) is 5.56 Å². The van der Waals surface area contributed by atoms with Crippen LogP contribution in [0, 0.1) is 16.7 Å². The first kappa shape index (κ1) is 20.8. The number of aromatic nitrogens is 1. The van der Waals surface area contributed by atoms with Crippen LogP contribution >= 0.6 is 0 Å². The highest BCUT2D eigenvalue weighted by atomic mass is 16.2. The molecular weight excluding hydrogens is 352 g/mol. The number of carbonyl (C=O) groups is 2. The molecule has 0 aliphatic heterocycles. The van der Waals surface area contributed by atoms with Crippen LogP contribution in [0.5, 0.6) is 0 Å². The van der Waals surface area contributed by atoms with Crippen molar-refractivity contribution in [3.63, 3.8) is 0 Å². The highest BCUT2D eigenvalue weighted by molar-refractivity contribution is 6.02. The van der Waals surface area contributed by atoms with Crippen LogP contribution in [0.1, 0.15) is 99.6 Å². The summed E-state index contributed by atoms with van der Waals surface area (Å²) in [6.45, 7) is 10.9. The average Bonchev–Trinajstić information content (AvgIpc) is 2.60. The minimum absolute atomic E-state index is 0.00106. The van der Waals surface area contributed by atoms with Gasteiger partial charge in [0, 0.05) is 23.7 Å². The number of carbonyl (C=O) groups excluding carboxylic acids is 2. The second kappa shape index (κ2) is 7.49. The first-order valence-corrected chi connectivity index (χ1v) is 10.6. The van der Waals surface area contributed by atoms with Gasteiger partial charge in [-0.05, 0) is 54.9 Å². The lowest BCUT2D eigenvalue weighted by atomic mass is 9.69. The molecule has 5 nitrogen and oxygen atoms in total. The van der Waals surface area contributed by atoms with Crippen molar-refractivity contribution in [3.05, 3.63) is 33.2 Å². The van der Waals surface area contributed by atoms with Crippen molar-refractivity contribution in [2.45, 2.75) is 85.6 Å². The smallest absolute Gasteiger partial charge is 0.261 e. The normalized spacial score (nSPS) is 24.5. The summed E-state index contributed by atoms with van der Waals surface area (Å²) in [4.78, 5) is 40.5. The molecule has 0 radical (unpaired) electrons. The van der Waals surface area contributed by atoms with Crippen LogP contribution in [-0.4, -0.2) is 22.7 Å². The Balaban J connectivity index is 1.70. The van der Waals surface area contributed by atoms with E-state index in [1.165, 1.54) is 6.07 Å². The third-order valence-electron chi connectivity index (χ3n) is 7.04. The largest absolute Gasteiger partial charge is 0.349 e. The molecule has 1 aromatic rings. The van der Waals surface area contributed by atoms with Gasteiger partial charge in [-0.1, -0.05) is 41.0 Å². The van der Waals surface area contributed by atoms with Gasteiger partial charge in [0.2, 0.25) is 0 Å². The van der Waals surface area contributed by atoms with Crippen molar-refractivity contribution >= 4 is 11.7 Å². The van der Waals surface area contributed by atoms with Gasteiger partial charge in [0.25, 0.3) is 11.5 Å². The molecule has 2 aliphatic rings. The highest BCUT2D eigenvalue weighted by Crippen LogP contribution is 2.40. The van der Waals surface area contributed by atoms with E-state index in [-0.39, 0.29) is 28.7 Å². The summed E-state index contributed by atoms with van der Waals surface area (Å²) in [7, 11) is 0. The van der Waals surface area contributed by atoms with E-state index in [0.29, 0.717) is 35.4 Å². The van der Waals surface area contributed by atoms with E-state index in [1.807, 2.05) is 13.8 Å². The van der Waals surface area contributed by atoms with Crippen molar-refractivity contribution in [1.82, 2.24) is 10.3 Å². The molecule has 3 rings (SSSR count). The van der Waals surface area contributed by atoms with E-state index >= 15 is 0 Å². The van der Waals surface area contributed by atoms with Crippen LogP contribution in [0.25, 0.3) is 0 Å². The summed E-state index contributed by atoms with van der Waals surface area (Å²) in [5.74, 6) is 0.317. The Morgan fingerprint density at radius 1 is 1.18 bits per heavy atom. The van der Waals surface area contributed by atoms with E-state index in [0.717, 1.165) is 32.1 Å². The Morgan fingerprint density at radius 2 is 1.82 bits per heavy atom. The fraction of sp³-hybridized carbons (Fsp3) is 0.696. The quantitative estimate of drug-likeness (QED) is 0.812. The van der Waals surface area contributed by atoms with Crippen molar-refractivity contribution in [2.24, 2.45) is 16.7 Å². The van der Waals surface area contributed by atoms with Gasteiger partial charge >= 0.3 is 0 Å². The summed E-state index contributed by atoms with van der Waals surface area (Å²) < 4.78 is 0. The van der Waals surface area contributed by atoms with Crippen LogP contribution in [-0.2, 0) is 6.42 Å². The maximum absolute atomic E-state index is 12.7. The van der Waals surface area contributed by atoms with Crippen LogP contribution in [0.2, 0.25) is 0 Å². The topological polar surface area (TPSA) is 79.0 Å². The summed E-state index contributed by atoms with van der Waals surface area (Å²) in [5.41, 5.74) is 0.980. The Morgan fingerprint density at radius 3 is 2.43 bits per heavy atom. The lowest BCUT2D eigenvalue weighted by Crippen LogP contribution is -2.42. The molecule has 0 unspecified atom stereocenters. The van der Waals surface area contributed by atoms with Crippen molar-refractivity contribution in [2.75, 3.05) is 0 Å². The zero-order valence-electron chi connectivity index (χ0n) is 17.9. The van der Waals surface area contributed by atoms with Crippen molar-refractivity contribution in [3.8, 4) is 0 Å². The van der Waals surface area contributed by atoms with Gasteiger partial charge in [-0.3, -0.25) is 14.4 Å². The van der Waals surface area contributed by atoms with Crippen molar-refractivity contribution < 1.29 is 9.59 Å². The number of hydrogen-bond acceptors (Lipinski definition) is 3. The van der Waals surface area contributed by atoms with Crippen molar-refractivity contribution in [1.29, 1.82) is 0 Å². The first-order chi connectivity index (χ1) is 13.0. The molecule has 2 aliphatic carbocycles. The lowest BCUT2D eigenvalue weighted by molar-refractivity contribution is 0.0891. The molecule has 154 valence electrons. The van der Waals surface area contributed by atoms with Crippen LogP contribution in [0.4, 0.5) is 0 Å². The van der Waals surface area contributed by atoms with Gasteiger partial charge in [0.15, 0.2) is 5.78 Å². The molecular formula is C23H34N2O3. The zero-order valence-corrected chi connectivity index (χ0v) is 17.9. The Hall–Kier alpha value is -1.91. The standard InChI is InChI=1S/C23H34N2O3/c1-6-23(4,5)14-7-9-15(10-8-14)24-20(27)17-11-16-18(25-21(17)28)12-22(2,3)13-19(16)26/h11,14-15H,6-10,12-13H2,1-5H3,(H,24,27)(H,25,28). The van der Waals surface area contributed by atoms with Crippen LogP contribution < -0.4 is 10.9 Å². The minimum atomic E-state index is -0.400. The number of nitrogens with one attached hydrogen (secondary N) is 2. The molecule has 0 spiro atoms. The SMILES string of the molecule is CCC(C)(C)C1CCC(NC(=O)c2cc3c([nH]c2=O)CC(C)(C)CC3=O)CC1. The van der Waals surface area contributed by atoms with Gasteiger partial charge < -0.3 is 10.3 Å². The maximum Gasteiger partial charge on any atom is 0.261 e. The molecule has 0 bridgehead atoms. The molecule has 0 aromatic carbocycles. The fourth-order valence-electron chi connectivity index (χ4n) is 4.77.